The number of aryl methyl sites for hydroxylation is 1. The molecule has 21 heavy (non-hydrogen) atoms. The maximum absolute atomic E-state index is 12.1. The lowest BCUT2D eigenvalue weighted by Gasteiger charge is -2.07. The lowest BCUT2D eigenvalue weighted by molar-refractivity contribution is -0.116. The quantitative estimate of drug-likeness (QED) is 0.771. The van der Waals surface area contributed by atoms with Gasteiger partial charge in [0.2, 0.25) is 5.91 Å². The van der Waals surface area contributed by atoms with Crippen molar-refractivity contribution >= 4 is 34.1 Å². The molecule has 1 heterocycles. The Morgan fingerprint density at radius 2 is 1.90 bits per heavy atom. The number of hydrogen-bond donors (Lipinski definition) is 1. The van der Waals surface area contributed by atoms with Crippen LogP contribution >= 0.6 is 11.6 Å². The average molecular weight is 299 g/mol. The third-order valence-electron chi connectivity index (χ3n) is 3.37. The first-order valence-electron chi connectivity index (χ1n) is 6.73. The lowest BCUT2D eigenvalue weighted by atomic mass is 10.2. The first-order valence-corrected chi connectivity index (χ1v) is 7.10. The van der Waals surface area contributed by atoms with Gasteiger partial charge in [0.1, 0.15) is 6.54 Å². The standard InChI is InChI=1S/C17H15ClN2O/c1-12-2-7-16-13(10-12)8-9-20(16)11-17(21)19-15-5-3-14(18)4-6-15/h2-10H,11H2,1H3,(H,19,21). The van der Waals surface area contributed by atoms with Gasteiger partial charge in [0.15, 0.2) is 0 Å². The van der Waals surface area contributed by atoms with E-state index in [2.05, 4.69) is 24.4 Å². The second kappa shape index (κ2) is 5.62. The van der Waals surface area contributed by atoms with Gasteiger partial charge in [0.05, 0.1) is 0 Å². The molecule has 0 aliphatic rings. The largest absolute Gasteiger partial charge is 0.338 e. The molecule has 0 radical (unpaired) electrons. The van der Waals surface area contributed by atoms with Gasteiger partial charge in [-0.15, -0.1) is 0 Å². The van der Waals surface area contributed by atoms with Gasteiger partial charge in [-0.25, -0.2) is 0 Å². The highest BCUT2D eigenvalue weighted by molar-refractivity contribution is 6.30. The van der Waals surface area contributed by atoms with Crippen LogP contribution < -0.4 is 5.32 Å². The molecule has 4 heteroatoms. The predicted molar refractivity (Wildman–Crippen MR) is 86.8 cm³/mol. The Hall–Kier alpha value is -2.26. The number of rotatable bonds is 3. The number of nitrogens with zero attached hydrogens (tertiary/aromatic N) is 1. The Balaban J connectivity index is 1.75. The first kappa shape index (κ1) is 13.7. The number of carbonyl (C=O) groups is 1. The molecule has 1 amide bonds. The molecular formula is C17H15ClN2O. The third kappa shape index (κ3) is 3.09. The molecule has 0 unspecified atom stereocenters. The summed E-state index contributed by atoms with van der Waals surface area (Å²) in [6.45, 7) is 2.35. The average Bonchev–Trinajstić information content (AvgIpc) is 2.83. The summed E-state index contributed by atoms with van der Waals surface area (Å²) < 4.78 is 1.94. The minimum atomic E-state index is -0.0598. The summed E-state index contributed by atoms with van der Waals surface area (Å²) in [7, 11) is 0. The first-order chi connectivity index (χ1) is 10.1. The van der Waals surface area contributed by atoms with Crippen molar-refractivity contribution in [2.75, 3.05) is 5.32 Å². The summed E-state index contributed by atoms with van der Waals surface area (Å²) in [5, 5.41) is 4.67. The molecule has 2 aromatic carbocycles. The van der Waals surface area contributed by atoms with Crippen LogP contribution in [0.1, 0.15) is 5.56 Å². The third-order valence-corrected chi connectivity index (χ3v) is 3.62. The van der Waals surface area contributed by atoms with Crippen molar-refractivity contribution in [3.8, 4) is 0 Å². The minimum Gasteiger partial charge on any atom is -0.338 e. The Labute approximate surface area is 128 Å². The molecular weight excluding hydrogens is 284 g/mol. The van der Waals surface area contributed by atoms with E-state index in [0.717, 1.165) is 16.6 Å². The number of aromatic nitrogens is 1. The van der Waals surface area contributed by atoms with Gasteiger partial charge >= 0.3 is 0 Å². The van der Waals surface area contributed by atoms with E-state index in [4.69, 9.17) is 11.6 Å². The fourth-order valence-corrected chi connectivity index (χ4v) is 2.47. The maximum Gasteiger partial charge on any atom is 0.244 e. The molecule has 0 bridgehead atoms. The zero-order chi connectivity index (χ0) is 14.8. The SMILES string of the molecule is Cc1ccc2c(ccn2CC(=O)Nc2ccc(Cl)cc2)c1. The smallest absolute Gasteiger partial charge is 0.244 e. The number of fused-ring (bicyclic) bond motifs is 1. The Bertz CT molecular complexity index is 790. The lowest BCUT2D eigenvalue weighted by Crippen LogP contribution is -2.18. The van der Waals surface area contributed by atoms with Crippen molar-refractivity contribution in [2.45, 2.75) is 13.5 Å². The van der Waals surface area contributed by atoms with Crippen LogP contribution in [0.3, 0.4) is 0 Å². The predicted octanol–water partition coefficient (Wildman–Crippen LogP) is 4.24. The molecule has 0 saturated carbocycles. The van der Waals surface area contributed by atoms with Crippen LogP contribution in [0, 0.1) is 6.92 Å². The molecule has 0 saturated heterocycles. The van der Waals surface area contributed by atoms with Crippen LogP contribution in [0.15, 0.2) is 54.7 Å². The summed E-state index contributed by atoms with van der Waals surface area (Å²) >= 11 is 5.82. The number of halogens is 1. The van der Waals surface area contributed by atoms with E-state index in [-0.39, 0.29) is 12.5 Å². The van der Waals surface area contributed by atoms with Crippen molar-refractivity contribution in [3.63, 3.8) is 0 Å². The molecule has 0 aliphatic carbocycles. The summed E-state index contributed by atoms with van der Waals surface area (Å²) in [6.07, 6.45) is 1.94. The molecule has 3 aromatic rings. The van der Waals surface area contributed by atoms with Gasteiger partial charge in [-0.2, -0.15) is 0 Å². The zero-order valence-corrected chi connectivity index (χ0v) is 12.4. The van der Waals surface area contributed by atoms with Crippen molar-refractivity contribution in [2.24, 2.45) is 0 Å². The molecule has 1 aromatic heterocycles. The summed E-state index contributed by atoms with van der Waals surface area (Å²) in [5.74, 6) is -0.0598. The molecule has 3 rings (SSSR count). The molecule has 0 spiro atoms. The molecule has 106 valence electrons. The van der Waals surface area contributed by atoms with Crippen molar-refractivity contribution in [1.29, 1.82) is 0 Å². The number of nitrogens with one attached hydrogen (secondary N) is 1. The Morgan fingerprint density at radius 3 is 2.67 bits per heavy atom. The van der Waals surface area contributed by atoms with Crippen LogP contribution in [0.2, 0.25) is 5.02 Å². The number of hydrogen-bond acceptors (Lipinski definition) is 1. The molecule has 0 aliphatic heterocycles. The van der Waals surface area contributed by atoms with Gasteiger partial charge in [-0.05, 0) is 54.8 Å². The highest BCUT2D eigenvalue weighted by Crippen LogP contribution is 2.18. The van der Waals surface area contributed by atoms with Gasteiger partial charge in [0, 0.05) is 22.4 Å². The van der Waals surface area contributed by atoms with E-state index >= 15 is 0 Å². The van der Waals surface area contributed by atoms with E-state index < -0.39 is 0 Å². The molecule has 3 nitrogen and oxygen atoms in total. The van der Waals surface area contributed by atoms with E-state index in [9.17, 15) is 4.79 Å². The summed E-state index contributed by atoms with van der Waals surface area (Å²) in [6, 6.07) is 15.3. The van der Waals surface area contributed by atoms with Crippen LogP contribution in [0.25, 0.3) is 10.9 Å². The van der Waals surface area contributed by atoms with E-state index in [0.29, 0.717) is 5.02 Å². The second-order valence-electron chi connectivity index (χ2n) is 5.06. The van der Waals surface area contributed by atoms with Crippen LogP contribution in [-0.4, -0.2) is 10.5 Å². The molecule has 1 N–H and O–H groups in total. The van der Waals surface area contributed by atoms with Gasteiger partial charge in [-0.1, -0.05) is 23.2 Å². The minimum absolute atomic E-state index is 0.0598. The zero-order valence-electron chi connectivity index (χ0n) is 11.6. The highest BCUT2D eigenvalue weighted by Gasteiger charge is 2.07. The van der Waals surface area contributed by atoms with E-state index in [1.165, 1.54) is 5.56 Å². The van der Waals surface area contributed by atoms with Gasteiger partial charge in [-0.3, -0.25) is 4.79 Å². The van der Waals surface area contributed by atoms with Crippen molar-refractivity contribution in [3.05, 3.63) is 65.3 Å². The Morgan fingerprint density at radius 1 is 1.14 bits per heavy atom. The number of anilines is 1. The number of benzene rings is 2. The summed E-state index contributed by atoms with van der Waals surface area (Å²) in [4.78, 5) is 12.1. The topological polar surface area (TPSA) is 34.0 Å². The molecule has 0 fully saturated rings. The van der Waals surface area contributed by atoms with Crippen LogP contribution in [-0.2, 0) is 11.3 Å². The fourth-order valence-electron chi connectivity index (χ4n) is 2.35. The molecule has 0 atom stereocenters. The van der Waals surface area contributed by atoms with Crippen LogP contribution in [0.5, 0.6) is 0 Å². The second-order valence-corrected chi connectivity index (χ2v) is 5.50. The highest BCUT2D eigenvalue weighted by atomic mass is 35.5. The normalized spacial score (nSPS) is 10.8. The van der Waals surface area contributed by atoms with E-state index in [1.807, 2.05) is 22.9 Å². The van der Waals surface area contributed by atoms with Crippen LogP contribution in [0.4, 0.5) is 5.69 Å². The fraction of sp³-hybridized carbons (Fsp3) is 0.118. The van der Waals surface area contributed by atoms with Crippen molar-refractivity contribution < 1.29 is 4.79 Å². The monoisotopic (exact) mass is 298 g/mol. The summed E-state index contributed by atoms with van der Waals surface area (Å²) in [5.41, 5.74) is 3.02. The van der Waals surface area contributed by atoms with Gasteiger partial charge in [0.25, 0.3) is 0 Å². The maximum atomic E-state index is 12.1. The Kier molecular flexibility index (Phi) is 3.67. The van der Waals surface area contributed by atoms with E-state index in [1.54, 1.807) is 24.3 Å². The van der Waals surface area contributed by atoms with Gasteiger partial charge < -0.3 is 9.88 Å². The van der Waals surface area contributed by atoms with Crippen molar-refractivity contribution in [1.82, 2.24) is 4.57 Å². The number of carbonyl (C=O) groups excluding carboxylic acids is 1. The number of amides is 1.